The van der Waals surface area contributed by atoms with Crippen LogP contribution in [0.5, 0.6) is 0 Å². The summed E-state index contributed by atoms with van der Waals surface area (Å²) in [6, 6.07) is 6.03. The first-order valence-electron chi connectivity index (χ1n) is 10.4. The molecule has 1 fully saturated rings. The minimum Gasteiger partial charge on any atom is -0.383 e. The smallest absolute Gasteiger partial charge is 0.383 e. The zero-order chi connectivity index (χ0) is 22.9. The second-order valence-electron chi connectivity index (χ2n) is 7.90. The van der Waals surface area contributed by atoms with Crippen molar-refractivity contribution < 1.29 is 13.2 Å². The Bertz CT molecular complexity index is 1170. The Kier molecular flexibility index (Phi) is 5.86. The lowest BCUT2D eigenvalue weighted by atomic mass is 9.91. The average molecular weight is 443 g/mol. The van der Waals surface area contributed by atoms with Crippen LogP contribution in [-0.2, 0) is 6.18 Å². The standard InChI is InChI=1S/C22H24F3N7/c1-3-17-16(8-5-9-27-17)21(26)29-15-7-4-6-14(11-15)28-20-12-18(22(23,24)25)30-19-10-13(2)31-32(19)20/h3,5,8-10,12,14-15,28H,1,4,6-7,11H2,2H3,(H2,26,29)/t14-,15+/m0/s1. The van der Waals surface area contributed by atoms with Crippen molar-refractivity contribution in [3.63, 3.8) is 0 Å². The third kappa shape index (κ3) is 4.58. The van der Waals surface area contributed by atoms with Crippen LogP contribution >= 0.6 is 0 Å². The first-order valence-corrected chi connectivity index (χ1v) is 10.4. The van der Waals surface area contributed by atoms with Crippen LogP contribution in [0.15, 0.2) is 42.0 Å². The van der Waals surface area contributed by atoms with E-state index in [1.807, 2.05) is 6.07 Å². The number of rotatable bonds is 5. The van der Waals surface area contributed by atoms with Gasteiger partial charge in [0.1, 0.15) is 11.7 Å². The van der Waals surface area contributed by atoms with Gasteiger partial charge < -0.3 is 11.1 Å². The van der Waals surface area contributed by atoms with E-state index < -0.39 is 11.9 Å². The monoisotopic (exact) mass is 443 g/mol. The van der Waals surface area contributed by atoms with Crippen molar-refractivity contribution in [1.29, 1.82) is 0 Å². The molecule has 3 aromatic heterocycles. The van der Waals surface area contributed by atoms with E-state index in [0.717, 1.165) is 30.9 Å². The number of hydrogen-bond acceptors (Lipinski definition) is 5. The predicted octanol–water partition coefficient (Wildman–Crippen LogP) is 4.22. The fraction of sp³-hybridized carbons (Fsp3) is 0.364. The van der Waals surface area contributed by atoms with Crippen molar-refractivity contribution in [1.82, 2.24) is 19.6 Å². The third-order valence-electron chi connectivity index (χ3n) is 5.47. The Hall–Kier alpha value is -3.43. The summed E-state index contributed by atoms with van der Waals surface area (Å²) in [5, 5.41) is 7.53. The fourth-order valence-corrected chi connectivity index (χ4v) is 4.02. The van der Waals surface area contributed by atoms with Crippen molar-refractivity contribution in [3.05, 3.63) is 59.7 Å². The molecule has 0 aromatic carbocycles. The molecule has 0 amide bonds. The molecular formula is C22H24F3N7. The maximum absolute atomic E-state index is 13.3. The molecule has 4 rings (SSSR count). The maximum atomic E-state index is 13.3. The van der Waals surface area contributed by atoms with E-state index in [1.165, 1.54) is 10.6 Å². The first kappa shape index (κ1) is 21.8. The van der Waals surface area contributed by atoms with Gasteiger partial charge in [0.15, 0.2) is 11.3 Å². The quantitative estimate of drug-likeness (QED) is 0.455. The van der Waals surface area contributed by atoms with Gasteiger partial charge in [-0.25, -0.2) is 4.98 Å². The number of fused-ring (bicyclic) bond motifs is 1. The van der Waals surface area contributed by atoms with Crippen LogP contribution in [0.25, 0.3) is 11.7 Å². The van der Waals surface area contributed by atoms with Crippen LogP contribution in [-0.4, -0.2) is 37.5 Å². The summed E-state index contributed by atoms with van der Waals surface area (Å²) in [6.07, 6.45) is 1.91. The molecule has 0 aliphatic heterocycles. The number of anilines is 1. The van der Waals surface area contributed by atoms with Gasteiger partial charge in [0, 0.05) is 29.9 Å². The first-order chi connectivity index (χ1) is 15.2. The Morgan fingerprint density at radius 1 is 1.34 bits per heavy atom. The van der Waals surface area contributed by atoms with Gasteiger partial charge in [-0.15, -0.1) is 0 Å². The van der Waals surface area contributed by atoms with Crippen LogP contribution in [0.3, 0.4) is 0 Å². The second-order valence-corrected chi connectivity index (χ2v) is 7.90. The number of alkyl halides is 3. The van der Waals surface area contributed by atoms with Gasteiger partial charge >= 0.3 is 6.18 Å². The lowest BCUT2D eigenvalue weighted by Gasteiger charge is -2.29. The highest BCUT2D eigenvalue weighted by atomic mass is 19.4. The molecule has 0 spiro atoms. The summed E-state index contributed by atoms with van der Waals surface area (Å²) >= 11 is 0. The molecule has 1 aliphatic rings. The summed E-state index contributed by atoms with van der Waals surface area (Å²) in [5.74, 6) is 0.645. The maximum Gasteiger partial charge on any atom is 0.433 e. The number of aliphatic imine (C=N–C) groups is 1. The molecule has 32 heavy (non-hydrogen) atoms. The van der Waals surface area contributed by atoms with Gasteiger partial charge in [0.2, 0.25) is 0 Å². The Morgan fingerprint density at radius 2 is 2.16 bits per heavy atom. The summed E-state index contributed by atoms with van der Waals surface area (Å²) in [7, 11) is 0. The number of hydrogen-bond donors (Lipinski definition) is 2. The molecule has 10 heteroatoms. The SMILES string of the molecule is C=Cc1ncccc1C(N)=N[C@@H]1CCC[C@H](Nc2cc(C(F)(F)F)nc3cc(C)nn23)C1. The lowest BCUT2D eigenvalue weighted by Crippen LogP contribution is -2.32. The Labute approximate surface area is 183 Å². The van der Waals surface area contributed by atoms with Crippen molar-refractivity contribution in [2.45, 2.75) is 50.9 Å². The van der Waals surface area contributed by atoms with Crippen molar-refractivity contribution in [2.24, 2.45) is 10.7 Å². The molecule has 0 bridgehead atoms. The highest BCUT2D eigenvalue weighted by Gasteiger charge is 2.34. The number of aromatic nitrogens is 4. The van der Waals surface area contributed by atoms with Gasteiger partial charge in [-0.05, 0) is 50.8 Å². The number of nitrogens with two attached hydrogens (primary N) is 1. The van der Waals surface area contributed by atoms with Crippen molar-refractivity contribution in [2.75, 3.05) is 5.32 Å². The number of halogens is 3. The van der Waals surface area contributed by atoms with Gasteiger partial charge in [0.25, 0.3) is 0 Å². The van der Waals surface area contributed by atoms with Gasteiger partial charge in [0.05, 0.1) is 17.4 Å². The van der Waals surface area contributed by atoms with Crippen LogP contribution < -0.4 is 11.1 Å². The van der Waals surface area contributed by atoms with Crippen molar-refractivity contribution in [3.8, 4) is 0 Å². The van der Waals surface area contributed by atoms with E-state index in [4.69, 9.17) is 5.73 Å². The highest BCUT2D eigenvalue weighted by molar-refractivity contribution is 6.00. The molecule has 0 saturated heterocycles. The number of nitrogens with one attached hydrogen (secondary N) is 1. The topological polar surface area (TPSA) is 93.5 Å². The third-order valence-corrected chi connectivity index (χ3v) is 5.47. The largest absolute Gasteiger partial charge is 0.433 e. The summed E-state index contributed by atoms with van der Waals surface area (Å²) in [5.41, 5.74) is 7.41. The van der Waals surface area contributed by atoms with Gasteiger partial charge in [-0.1, -0.05) is 6.58 Å². The molecule has 7 nitrogen and oxygen atoms in total. The van der Waals surface area contributed by atoms with Crippen molar-refractivity contribution >= 4 is 23.4 Å². The Morgan fingerprint density at radius 3 is 2.91 bits per heavy atom. The molecule has 3 aromatic rings. The summed E-state index contributed by atoms with van der Waals surface area (Å²) in [6.45, 7) is 5.47. The second kappa shape index (κ2) is 8.60. The fourth-order valence-electron chi connectivity index (χ4n) is 4.02. The van der Waals surface area contributed by atoms with Crippen LogP contribution in [0.4, 0.5) is 19.0 Å². The molecular weight excluding hydrogens is 419 g/mol. The summed E-state index contributed by atoms with van der Waals surface area (Å²) < 4.78 is 41.5. The highest BCUT2D eigenvalue weighted by Crippen LogP contribution is 2.31. The van der Waals surface area contributed by atoms with Crippen LogP contribution in [0.1, 0.15) is 48.3 Å². The molecule has 1 aliphatic carbocycles. The Balaban J connectivity index is 1.57. The van der Waals surface area contributed by atoms with E-state index in [1.54, 1.807) is 25.3 Å². The predicted molar refractivity (Wildman–Crippen MR) is 117 cm³/mol. The van der Waals surface area contributed by atoms with E-state index >= 15 is 0 Å². The van der Waals surface area contributed by atoms with Gasteiger partial charge in [-0.3, -0.25) is 9.98 Å². The molecule has 168 valence electrons. The number of aryl methyl sites for hydroxylation is 1. The molecule has 3 heterocycles. The number of nitrogens with zero attached hydrogens (tertiary/aromatic N) is 5. The molecule has 1 saturated carbocycles. The molecule has 2 atom stereocenters. The normalized spacial score (nSPS) is 19.8. The summed E-state index contributed by atoms with van der Waals surface area (Å²) in [4.78, 5) is 12.6. The molecule has 0 radical (unpaired) electrons. The molecule has 0 unspecified atom stereocenters. The van der Waals surface area contributed by atoms with E-state index in [0.29, 0.717) is 23.6 Å². The van der Waals surface area contributed by atoms with Crippen LogP contribution in [0.2, 0.25) is 0 Å². The zero-order valence-corrected chi connectivity index (χ0v) is 17.6. The van der Waals surface area contributed by atoms with Gasteiger partial charge in [-0.2, -0.15) is 22.8 Å². The minimum atomic E-state index is -4.54. The zero-order valence-electron chi connectivity index (χ0n) is 17.6. The average Bonchev–Trinajstić information content (AvgIpc) is 3.14. The van der Waals surface area contributed by atoms with E-state index in [2.05, 4.69) is 32.0 Å². The lowest BCUT2D eigenvalue weighted by molar-refractivity contribution is -0.141. The van der Waals surface area contributed by atoms with E-state index in [-0.39, 0.29) is 23.5 Å². The molecule has 3 N–H and O–H groups in total. The van der Waals surface area contributed by atoms with Crippen LogP contribution in [0, 0.1) is 6.92 Å². The number of amidine groups is 1. The minimum absolute atomic E-state index is 0.0575. The number of pyridine rings is 1. The van der Waals surface area contributed by atoms with E-state index in [9.17, 15) is 13.2 Å².